The van der Waals surface area contributed by atoms with Crippen LogP contribution in [0, 0.1) is 5.92 Å². The van der Waals surface area contributed by atoms with Gasteiger partial charge in [0, 0.05) is 31.4 Å². The van der Waals surface area contributed by atoms with E-state index >= 15 is 0 Å². The third kappa shape index (κ3) is 4.15. The highest BCUT2D eigenvalue weighted by molar-refractivity contribution is 8.25. The van der Waals surface area contributed by atoms with Crippen LogP contribution < -0.4 is 0 Å². The lowest BCUT2D eigenvalue weighted by Gasteiger charge is -2.46. The number of hydrogen-bond acceptors (Lipinski definition) is 6. The lowest BCUT2D eigenvalue weighted by molar-refractivity contribution is 0.0716. The summed E-state index contributed by atoms with van der Waals surface area (Å²) in [4.78, 5) is 4.40. The quantitative estimate of drug-likeness (QED) is 0.735. The van der Waals surface area contributed by atoms with E-state index in [-0.39, 0.29) is 11.3 Å². The van der Waals surface area contributed by atoms with E-state index < -0.39 is 15.3 Å². The van der Waals surface area contributed by atoms with E-state index in [1.165, 1.54) is 0 Å². The molecule has 0 aromatic carbocycles. The molecule has 0 atom stereocenters. The molecule has 0 aliphatic carbocycles. The summed E-state index contributed by atoms with van der Waals surface area (Å²) in [5, 5.41) is 4.58. The van der Waals surface area contributed by atoms with Crippen LogP contribution >= 0.6 is 10.6 Å². The van der Waals surface area contributed by atoms with Gasteiger partial charge < -0.3 is 9.15 Å². The Bertz CT molecular complexity index is 814. The molecule has 1 aliphatic rings. The fraction of sp³-hybridized carbons (Fsp3) is 0.700. The minimum absolute atomic E-state index is 0.0721. The van der Waals surface area contributed by atoms with Crippen molar-refractivity contribution >= 4 is 10.6 Å². The summed E-state index contributed by atoms with van der Waals surface area (Å²) < 4.78 is 34.1. The Balaban J connectivity index is 1.84. The van der Waals surface area contributed by atoms with Crippen molar-refractivity contribution in [1.29, 1.82) is 0 Å². The molecule has 1 fully saturated rings. The van der Waals surface area contributed by atoms with Gasteiger partial charge in [-0.2, -0.15) is 15.7 Å². The van der Waals surface area contributed by atoms with Gasteiger partial charge in [-0.05, 0) is 38.7 Å². The number of ether oxygens (including phenoxy) is 1. The molecule has 3 heterocycles. The predicted octanol–water partition coefficient (Wildman–Crippen LogP) is 4.78. The number of hydrogen-bond donors (Lipinski definition) is 2. The average molecular weight is 412 g/mol. The summed E-state index contributed by atoms with van der Waals surface area (Å²) in [7, 11) is -1.07. The first-order valence-corrected chi connectivity index (χ1v) is 11.5. The Morgan fingerprint density at radius 3 is 2.39 bits per heavy atom. The fourth-order valence-corrected chi connectivity index (χ4v) is 5.11. The monoisotopic (exact) mass is 411 g/mol. The SMILES string of the molecule is Cn1nc(C(C)(C)C)cc1-c1cnc(C(C)(C)S(O)(O)CC2CCOCC2)o1. The third-order valence-electron chi connectivity index (χ3n) is 5.55. The minimum atomic E-state index is -2.94. The van der Waals surface area contributed by atoms with Crippen LogP contribution in [0.4, 0.5) is 0 Å². The number of oxazole rings is 1. The van der Waals surface area contributed by atoms with Crippen LogP contribution in [-0.2, 0) is 21.9 Å². The zero-order valence-corrected chi connectivity index (χ0v) is 18.5. The van der Waals surface area contributed by atoms with Crippen molar-refractivity contribution in [3.05, 3.63) is 23.8 Å². The van der Waals surface area contributed by atoms with Crippen LogP contribution in [0.5, 0.6) is 0 Å². The molecule has 0 radical (unpaired) electrons. The van der Waals surface area contributed by atoms with Crippen LogP contribution in [0.25, 0.3) is 11.5 Å². The third-order valence-corrected chi connectivity index (χ3v) is 8.29. The molecule has 1 saturated heterocycles. The average Bonchev–Trinajstić information content (AvgIpc) is 3.21. The van der Waals surface area contributed by atoms with Crippen LogP contribution in [0.2, 0.25) is 0 Å². The summed E-state index contributed by atoms with van der Waals surface area (Å²) in [6.07, 6.45) is 3.35. The molecule has 2 aromatic heterocycles. The Kier molecular flexibility index (Phi) is 5.71. The second-order valence-corrected chi connectivity index (χ2v) is 11.9. The maximum Gasteiger partial charge on any atom is 0.219 e. The van der Waals surface area contributed by atoms with Gasteiger partial charge in [-0.1, -0.05) is 20.8 Å². The Morgan fingerprint density at radius 1 is 1.18 bits per heavy atom. The topological polar surface area (TPSA) is 93.5 Å². The summed E-state index contributed by atoms with van der Waals surface area (Å²) >= 11 is 0. The highest BCUT2D eigenvalue weighted by atomic mass is 32.3. The van der Waals surface area contributed by atoms with Crippen LogP contribution in [0.15, 0.2) is 16.7 Å². The van der Waals surface area contributed by atoms with Crippen LogP contribution in [-0.4, -0.2) is 42.8 Å². The predicted molar refractivity (Wildman–Crippen MR) is 112 cm³/mol. The molecular formula is C20H33N3O4S. The van der Waals surface area contributed by atoms with E-state index in [1.807, 2.05) is 13.1 Å². The zero-order valence-electron chi connectivity index (χ0n) is 17.7. The Morgan fingerprint density at radius 2 is 1.82 bits per heavy atom. The lowest BCUT2D eigenvalue weighted by atomic mass is 9.92. The van der Waals surface area contributed by atoms with E-state index in [0.717, 1.165) is 24.2 Å². The molecule has 3 rings (SSSR count). The number of aromatic nitrogens is 3. The van der Waals surface area contributed by atoms with Gasteiger partial charge in [-0.15, -0.1) is 0 Å². The molecule has 7 nitrogen and oxygen atoms in total. The second kappa shape index (κ2) is 7.48. The van der Waals surface area contributed by atoms with Crippen molar-refractivity contribution < 1.29 is 18.3 Å². The molecule has 0 unspecified atom stereocenters. The normalized spacial score (nSPS) is 17.9. The molecule has 158 valence electrons. The van der Waals surface area contributed by atoms with Crippen molar-refractivity contribution in [2.45, 2.75) is 57.6 Å². The van der Waals surface area contributed by atoms with Crippen molar-refractivity contribution in [1.82, 2.24) is 14.8 Å². The van der Waals surface area contributed by atoms with E-state index in [1.54, 1.807) is 24.7 Å². The van der Waals surface area contributed by atoms with Crippen molar-refractivity contribution in [2.75, 3.05) is 19.0 Å². The zero-order chi connectivity index (χ0) is 20.7. The molecular weight excluding hydrogens is 378 g/mol. The summed E-state index contributed by atoms with van der Waals surface area (Å²) in [5.74, 6) is 1.52. The molecule has 1 aliphatic heterocycles. The first-order chi connectivity index (χ1) is 12.9. The largest absolute Gasteiger partial charge is 0.437 e. The lowest BCUT2D eigenvalue weighted by Crippen LogP contribution is -2.32. The van der Waals surface area contributed by atoms with Crippen molar-refractivity contribution in [3.63, 3.8) is 0 Å². The van der Waals surface area contributed by atoms with Gasteiger partial charge in [0.15, 0.2) is 5.76 Å². The first-order valence-electron chi connectivity index (χ1n) is 9.76. The molecule has 0 saturated carbocycles. The molecule has 0 amide bonds. The highest BCUT2D eigenvalue weighted by Gasteiger charge is 2.42. The number of nitrogens with zero attached hydrogens (tertiary/aromatic N) is 3. The molecule has 0 spiro atoms. The van der Waals surface area contributed by atoms with Crippen LogP contribution in [0.1, 0.15) is 59.0 Å². The summed E-state index contributed by atoms with van der Waals surface area (Å²) in [6, 6.07) is 2.00. The standard InChI is InChI=1S/C20H33N3O4S/c1-19(2,3)17-11-15(23(6)22-17)16-12-21-18(27-16)20(4,5)28(24,25)13-14-7-9-26-10-8-14/h11-12,14,24-25H,7-10,13H2,1-6H3. The summed E-state index contributed by atoms with van der Waals surface area (Å²) in [6.45, 7) is 11.3. The Hall–Kier alpha value is -1.35. The highest BCUT2D eigenvalue weighted by Crippen LogP contribution is 2.59. The van der Waals surface area contributed by atoms with Gasteiger partial charge in [0.2, 0.25) is 5.89 Å². The first kappa shape index (κ1) is 21.4. The molecule has 8 heteroatoms. The maximum absolute atomic E-state index is 11.0. The van der Waals surface area contributed by atoms with Gasteiger partial charge in [0.1, 0.15) is 10.4 Å². The molecule has 2 N–H and O–H groups in total. The number of rotatable bonds is 5. The second-order valence-electron chi connectivity index (χ2n) is 9.22. The van der Waals surface area contributed by atoms with Gasteiger partial charge in [-0.25, -0.2) is 4.98 Å². The van der Waals surface area contributed by atoms with Crippen molar-refractivity contribution in [3.8, 4) is 11.5 Å². The Labute approximate surface area is 168 Å². The minimum Gasteiger partial charge on any atom is -0.437 e. The van der Waals surface area contributed by atoms with Crippen LogP contribution in [0.3, 0.4) is 0 Å². The van der Waals surface area contributed by atoms with Gasteiger partial charge in [0.05, 0.1) is 11.9 Å². The molecule has 0 bridgehead atoms. The van der Waals surface area contributed by atoms with E-state index in [2.05, 4.69) is 30.9 Å². The number of aryl methyl sites for hydroxylation is 1. The van der Waals surface area contributed by atoms with Crippen molar-refractivity contribution in [2.24, 2.45) is 13.0 Å². The van der Waals surface area contributed by atoms with Gasteiger partial charge >= 0.3 is 0 Å². The van der Waals surface area contributed by atoms with E-state index in [0.29, 0.717) is 30.6 Å². The van der Waals surface area contributed by atoms with Gasteiger partial charge in [-0.3, -0.25) is 13.8 Å². The molecule has 28 heavy (non-hydrogen) atoms. The fourth-order valence-electron chi connectivity index (χ4n) is 3.33. The van der Waals surface area contributed by atoms with Gasteiger partial charge in [0.25, 0.3) is 0 Å². The summed E-state index contributed by atoms with van der Waals surface area (Å²) in [5.41, 5.74) is 1.71. The molecule has 2 aromatic rings. The smallest absolute Gasteiger partial charge is 0.219 e. The van der Waals surface area contributed by atoms with E-state index in [9.17, 15) is 9.11 Å². The maximum atomic E-state index is 11.0. The van der Waals surface area contributed by atoms with E-state index in [4.69, 9.17) is 9.15 Å².